The normalized spacial score (nSPS) is 10.4. The van der Waals surface area contributed by atoms with Crippen molar-refractivity contribution >= 4 is 34.0 Å². The van der Waals surface area contributed by atoms with Crippen molar-refractivity contribution in [3.8, 4) is 5.75 Å². The first kappa shape index (κ1) is 9.51. The van der Waals surface area contributed by atoms with Crippen LogP contribution >= 0.6 is 23.0 Å². The Morgan fingerprint density at radius 2 is 2.14 bits per heavy atom. The molecule has 0 amide bonds. The van der Waals surface area contributed by atoms with E-state index in [0.29, 0.717) is 11.3 Å². The van der Waals surface area contributed by atoms with Gasteiger partial charge in [0.2, 0.25) is 0 Å². The van der Waals surface area contributed by atoms with Crippen LogP contribution in [0.25, 0.3) is 11.0 Å². The van der Waals surface area contributed by atoms with Gasteiger partial charge in [-0.3, -0.25) is 0 Å². The first-order chi connectivity index (χ1) is 6.70. The van der Waals surface area contributed by atoms with E-state index in [-0.39, 0.29) is 5.63 Å². The van der Waals surface area contributed by atoms with E-state index in [1.807, 2.05) is 19.1 Å². The van der Waals surface area contributed by atoms with Crippen LogP contribution in [0.3, 0.4) is 0 Å². The molecule has 3 nitrogen and oxygen atoms in total. The van der Waals surface area contributed by atoms with E-state index in [4.69, 9.17) is 7.48 Å². The van der Waals surface area contributed by atoms with Gasteiger partial charge in [0, 0.05) is 17.5 Å². The van der Waals surface area contributed by atoms with Crippen molar-refractivity contribution in [2.24, 2.45) is 0 Å². The highest BCUT2D eigenvalue weighted by atomic mass is 127. The lowest BCUT2D eigenvalue weighted by Crippen LogP contribution is -1.97. The molecule has 0 atom stereocenters. The van der Waals surface area contributed by atoms with Crippen LogP contribution in [0.2, 0.25) is 0 Å². The van der Waals surface area contributed by atoms with Crippen LogP contribution in [-0.4, -0.2) is 0 Å². The van der Waals surface area contributed by atoms with Crippen LogP contribution in [0.1, 0.15) is 5.56 Å². The van der Waals surface area contributed by atoms with Gasteiger partial charge in [0.15, 0.2) is 23.0 Å². The Morgan fingerprint density at radius 3 is 2.86 bits per heavy atom. The first-order valence-electron chi connectivity index (χ1n) is 4.04. The second-order valence-electron chi connectivity index (χ2n) is 2.98. The highest BCUT2D eigenvalue weighted by Crippen LogP contribution is 2.22. The Bertz CT molecular complexity index is 530. The Morgan fingerprint density at radius 1 is 1.36 bits per heavy atom. The van der Waals surface area contributed by atoms with Gasteiger partial charge in [-0.25, -0.2) is 4.79 Å². The predicted octanol–water partition coefficient (Wildman–Crippen LogP) is 2.83. The number of rotatable bonds is 1. The van der Waals surface area contributed by atoms with Crippen LogP contribution in [-0.2, 0) is 0 Å². The molecule has 0 aliphatic carbocycles. The Hall–Kier alpha value is -1.04. The molecule has 0 saturated carbocycles. The van der Waals surface area contributed by atoms with Gasteiger partial charge in [0.25, 0.3) is 0 Å². The SMILES string of the molecule is Cc1cc(=O)oc2cc(OI)ccc12. The average molecular weight is 302 g/mol. The van der Waals surface area contributed by atoms with Crippen LogP contribution < -0.4 is 8.69 Å². The molecule has 0 aliphatic heterocycles. The van der Waals surface area contributed by atoms with Gasteiger partial charge >= 0.3 is 5.63 Å². The van der Waals surface area contributed by atoms with E-state index in [1.165, 1.54) is 6.07 Å². The number of hydrogen-bond donors (Lipinski definition) is 0. The van der Waals surface area contributed by atoms with Crippen LogP contribution in [0.4, 0.5) is 0 Å². The Kier molecular flexibility index (Phi) is 2.45. The van der Waals surface area contributed by atoms with Crippen LogP contribution in [0.5, 0.6) is 5.75 Å². The quantitative estimate of drug-likeness (QED) is 0.600. The van der Waals surface area contributed by atoms with Gasteiger partial charge in [0.05, 0.1) is 0 Å². The lowest BCUT2D eigenvalue weighted by Gasteiger charge is -2.01. The molecule has 4 heteroatoms. The zero-order valence-corrected chi connectivity index (χ0v) is 9.57. The number of fused-ring (bicyclic) bond motifs is 1. The summed E-state index contributed by atoms with van der Waals surface area (Å²) in [6.45, 7) is 1.88. The maximum absolute atomic E-state index is 11.1. The maximum atomic E-state index is 11.1. The first-order valence-corrected chi connectivity index (χ1v) is 4.92. The van der Waals surface area contributed by atoms with E-state index in [1.54, 1.807) is 29.1 Å². The summed E-state index contributed by atoms with van der Waals surface area (Å²) >= 11 is 1.78. The third-order valence-corrected chi connectivity index (χ3v) is 2.52. The zero-order chi connectivity index (χ0) is 10.1. The summed E-state index contributed by atoms with van der Waals surface area (Å²) in [6, 6.07) is 6.90. The van der Waals surface area contributed by atoms with Crippen molar-refractivity contribution in [1.82, 2.24) is 0 Å². The standard InChI is InChI=1S/C10H7IO3/c1-6-4-10(12)13-9-5-7(14-11)2-3-8(6)9/h2-5H,1H3. The molecule has 0 aliphatic rings. The third kappa shape index (κ3) is 1.61. The highest BCUT2D eigenvalue weighted by molar-refractivity contribution is 14.1. The minimum atomic E-state index is -0.333. The number of halogens is 1. The van der Waals surface area contributed by atoms with Crippen molar-refractivity contribution in [3.05, 3.63) is 40.2 Å². The molecule has 0 fully saturated rings. The van der Waals surface area contributed by atoms with Crippen molar-refractivity contribution in [2.75, 3.05) is 0 Å². The largest absolute Gasteiger partial charge is 0.428 e. The third-order valence-electron chi connectivity index (χ3n) is 2.01. The number of benzene rings is 1. The minimum absolute atomic E-state index is 0.333. The van der Waals surface area contributed by atoms with E-state index < -0.39 is 0 Å². The van der Waals surface area contributed by atoms with E-state index in [2.05, 4.69) is 0 Å². The molecule has 1 aromatic carbocycles. The molecular weight excluding hydrogens is 295 g/mol. The maximum Gasteiger partial charge on any atom is 0.336 e. The molecule has 0 bridgehead atoms. The van der Waals surface area contributed by atoms with E-state index in [0.717, 1.165) is 10.9 Å². The molecule has 1 heterocycles. The molecule has 72 valence electrons. The topological polar surface area (TPSA) is 39.4 Å². The van der Waals surface area contributed by atoms with Crippen LogP contribution in [0, 0.1) is 6.92 Å². The molecular formula is C10H7IO3. The lowest BCUT2D eigenvalue weighted by molar-refractivity contribution is 0.558. The summed E-state index contributed by atoms with van der Waals surface area (Å²) in [5, 5.41) is 0.932. The summed E-state index contributed by atoms with van der Waals surface area (Å²) in [4.78, 5) is 11.1. The van der Waals surface area contributed by atoms with Crippen LogP contribution in [0.15, 0.2) is 33.5 Å². The Labute approximate surface area is 94.4 Å². The fourth-order valence-electron chi connectivity index (χ4n) is 1.35. The smallest absolute Gasteiger partial charge is 0.336 e. The van der Waals surface area contributed by atoms with Crippen molar-refractivity contribution < 1.29 is 7.48 Å². The number of hydrogen-bond acceptors (Lipinski definition) is 3. The monoisotopic (exact) mass is 302 g/mol. The molecule has 2 rings (SSSR count). The van der Waals surface area contributed by atoms with Gasteiger partial charge < -0.3 is 7.48 Å². The Balaban J connectivity index is 2.82. The van der Waals surface area contributed by atoms with Crippen molar-refractivity contribution in [2.45, 2.75) is 6.92 Å². The summed E-state index contributed by atoms with van der Waals surface area (Å²) in [7, 11) is 0. The number of aryl methyl sites for hydroxylation is 1. The van der Waals surface area contributed by atoms with Gasteiger partial charge in [0.1, 0.15) is 11.3 Å². The average Bonchev–Trinajstić information content (AvgIpc) is 2.16. The van der Waals surface area contributed by atoms with E-state index >= 15 is 0 Å². The molecule has 1 aromatic heterocycles. The van der Waals surface area contributed by atoms with Gasteiger partial charge in [-0.1, -0.05) is 0 Å². The van der Waals surface area contributed by atoms with Crippen molar-refractivity contribution in [3.63, 3.8) is 0 Å². The molecule has 2 aromatic rings. The molecule has 0 saturated heterocycles. The summed E-state index contributed by atoms with van der Waals surface area (Å²) in [5.41, 5.74) is 1.14. The molecule has 0 unspecified atom stereocenters. The highest BCUT2D eigenvalue weighted by Gasteiger charge is 2.03. The minimum Gasteiger partial charge on any atom is -0.428 e. The van der Waals surface area contributed by atoms with Gasteiger partial charge in [-0.05, 0) is 24.6 Å². The van der Waals surface area contributed by atoms with Gasteiger partial charge in [-0.2, -0.15) is 0 Å². The second-order valence-corrected chi connectivity index (χ2v) is 3.42. The molecule has 0 N–H and O–H groups in total. The zero-order valence-electron chi connectivity index (χ0n) is 7.41. The summed E-state index contributed by atoms with van der Waals surface area (Å²) in [5.74, 6) is 0.673. The fraction of sp³-hybridized carbons (Fsp3) is 0.100. The lowest BCUT2D eigenvalue weighted by atomic mass is 10.1. The van der Waals surface area contributed by atoms with Gasteiger partial charge in [-0.15, -0.1) is 0 Å². The predicted molar refractivity (Wildman–Crippen MR) is 61.9 cm³/mol. The second kappa shape index (κ2) is 3.61. The fourth-order valence-corrected chi connectivity index (χ4v) is 1.63. The van der Waals surface area contributed by atoms with Crippen molar-refractivity contribution in [1.29, 1.82) is 0 Å². The molecule has 14 heavy (non-hydrogen) atoms. The molecule has 0 spiro atoms. The summed E-state index contributed by atoms with van der Waals surface area (Å²) in [6.07, 6.45) is 0. The van der Waals surface area contributed by atoms with E-state index in [9.17, 15) is 4.79 Å². The molecule has 0 radical (unpaired) electrons. The summed E-state index contributed by atoms with van der Waals surface area (Å²) < 4.78 is 10.1.